The summed E-state index contributed by atoms with van der Waals surface area (Å²) < 4.78 is 6.54. The van der Waals surface area contributed by atoms with Crippen LogP contribution in [-0.4, -0.2) is 16.2 Å². The smallest absolute Gasteiger partial charge is 0.269 e. The molecule has 1 spiro atoms. The standard InChI is InChI=1S/C27H30N2O4/c1-25(2,3)19-15-27(16-20(23(19)30)26(4,5)6)24(17-11-13-18(14-12-17)29(31)32)33-22-10-8-7-9-21(22)28-27/h7-16,24,28H,1-6H3/t24-/m0/s1. The molecule has 0 unspecified atom stereocenters. The molecule has 0 saturated heterocycles. The number of carbonyl (C=O) groups is 1. The van der Waals surface area contributed by atoms with Crippen molar-refractivity contribution in [3.63, 3.8) is 0 Å². The number of carbonyl (C=O) groups excluding carboxylic acids is 1. The number of ketones is 1. The summed E-state index contributed by atoms with van der Waals surface area (Å²) in [6.07, 6.45) is 3.45. The number of rotatable bonds is 2. The maximum absolute atomic E-state index is 13.6. The van der Waals surface area contributed by atoms with Crippen LogP contribution < -0.4 is 10.1 Å². The summed E-state index contributed by atoms with van der Waals surface area (Å²) in [6.45, 7) is 12.2. The van der Waals surface area contributed by atoms with Crippen LogP contribution in [0, 0.1) is 20.9 Å². The Morgan fingerprint density at radius 1 is 0.909 bits per heavy atom. The predicted octanol–water partition coefficient (Wildman–Crippen LogP) is 6.41. The van der Waals surface area contributed by atoms with Crippen LogP contribution in [-0.2, 0) is 4.79 Å². The van der Waals surface area contributed by atoms with Gasteiger partial charge in [-0.1, -0.05) is 53.7 Å². The van der Waals surface area contributed by atoms with Gasteiger partial charge in [0.2, 0.25) is 0 Å². The van der Waals surface area contributed by atoms with Crippen LogP contribution in [0.5, 0.6) is 5.75 Å². The Bertz CT molecular complexity index is 1140. The minimum absolute atomic E-state index is 0.0210. The van der Waals surface area contributed by atoms with Gasteiger partial charge in [-0.3, -0.25) is 14.9 Å². The molecule has 6 nitrogen and oxygen atoms in total. The Morgan fingerprint density at radius 2 is 1.45 bits per heavy atom. The van der Waals surface area contributed by atoms with E-state index in [0.717, 1.165) is 22.4 Å². The summed E-state index contributed by atoms with van der Waals surface area (Å²) in [4.78, 5) is 24.4. The number of non-ortho nitro benzene ring substituents is 1. The highest BCUT2D eigenvalue weighted by Gasteiger charge is 2.48. The molecule has 0 fully saturated rings. The molecular weight excluding hydrogens is 416 g/mol. The van der Waals surface area contributed by atoms with E-state index in [1.165, 1.54) is 12.1 Å². The van der Waals surface area contributed by atoms with Crippen LogP contribution >= 0.6 is 0 Å². The molecular formula is C27H30N2O4. The van der Waals surface area contributed by atoms with E-state index in [1.807, 2.05) is 78.0 Å². The summed E-state index contributed by atoms with van der Waals surface area (Å²) >= 11 is 0. The highest BCUT2D eigenvalue weighted by Crippen LogP contribution is 2.50. The molecule has 0 amide bonds. The molecule has 2 aromatic rings. The first-order chi connectivity index (χ1) is 15.3. The Hall–Kier alpha value is -3.41. The largest absolute Gasteiger partial charge is 0.480 e. The molecule has 0 saturated carbocycles. The minimum Gasteiger partial charge on any atom is -0.480 e. The second kappa shape index (κ2) is 7.58. The van der Waals surface area contributed by atoms with Crippen molar-refractivity contribution in [2.75, 3.05) is 5.32 Å². The summed E-state index contributed by atoms with van der Waals surface area (Å²) in [5, 5.41) is 14.9. The fourth-order valence-corrected chi connectivity index (χ4v) is 4.44. The summed E-state index contributed by atoms with van der Waals surface area (Å²) in [5.41, 5.74) is 1.47. The van der Waals surface area contributed by atoms with E-state index in [9.17, 15) is 14.9 Å². The zero-order valence-electron chi connectivity index (χ0n) is 19.9. The maximum atomic E-state index is 13.6. The number of Topliss-reactive ketones (excluding diaryl/α,β-unsaturated/α-hetero) is 1. The average molecular weight is 447 g/mol. The number of hydrogen-bond acceptors (Lipinski definition) is 5. The number of hydrogen-bond donors (Lipinski definition) is 1. The highest BCUT2D eigenvalue weighted by molar-refractivity contribution is 6.11. The molecule has 0 radical (unpaired) electrons. The van der Waals surface area contributed by atoms with E-state index in [2.05, 4.69) is 5.32 Å². The molecule has 2 aromatic carbocycles. The van der Waals surface area contributed by atoms with Crippen LogP contribution in [0.3, 0.4) is 0 Å². The number of ether oxygens (including phenoxy) is 1. The first kappa shape index (κ1) is 22.8. The molecule has 1 atom stereocenters. The molecule has 4 rings (SSSR count). The number of para-hydroxylation sites is 2. The minimum atomic E-state index is -0.844. The number of nitrogens with zero attached hydrogens (tertiary/aromatic N) is 1. The van der Waals surface area contributed by atoms with Crippen molar-refractivity contribution in [2.24, 2.45) is 10.8 Å². The van der Waals surface area contributed by atoms with E-state index in [1.54, 1.807) is 12.1 Å². The molecule has 0 aromatic heterocycles. The van der Waals surface area contributed by atoms with Gasteiger partial charge in [0.1, 0.15) is 11.3 Å². The van der Waals surface area contributed by atoms with Gasteiger partial charge in [0.25, 0.3) is 5.69 Å². The van der Waals surface area contributed by atoms with Crippen molar-refractivity contribution in [2.45, 2.75) is 53.2 Å². The first-order valence-corrected chi connectivity index (χ1v) is 11.1. The summed E-state index contributed by atoms with van der Waals surface area (Å²) in [5.74, 6) is 0.739. The second-order valence-corrected chi connectivity index (χ2v) is 10.8. The lowest BCUT2D eigenvalue weighted by molar-refractivity contribution is -0.384. The summed E-state index contributed by atoms with van der Waals surface area (Å²) in [6, 6.07) is 14.1. The van der Waals surface area contributed by atoms with Gasteiger partial charge in [-0.2, -0.15) is 0 Å². The van der Waals surface area contributed by atoms with Crippen LogP contribution in [0.4, 0.5) is 11.4 Å². The zero-order chi connectivity index (χ0) is 24.2. The van der Waals surface area contributed by atoms with Gasteiger partial charge < -0.3 is 10.1 Å². The van der Waals surface area contributed by atoms with Crippen molar-refractivity contribution < 1.29 is 14.5 Å². The van der Waals surface area contributed by atoms with Crippen LogP contribution in [0.15, 0.2) is 71.8 Å². The predicted molar refractivity (Wildman–Crippen MR) is 129 cm³/mol. The SMILES string of the molecule is CC(C)(C)C1=CC2(C=C(C(C)(C)C)C1=O)Nc1ccccc1O[C@H]2c1ccc([N+](=O)[O-])cc1. The molecule has 1 N–H and O–H groups in total. The number of nitrogens with one attached hydrogen (secondary N) is 1. The van der Waals surface area contributed by atoms with Gasteiger partial charge in [0.05, 0.1) is 10.6 Å². The van der Waals surface area contributed by atoms with E-state index >= 15 is 0 Å². The lowest BCUT2D eigenvalue weighted by Crippen LogP contribution is -2.50. The normalized spacial score (nSPS) is 19.7. The van der Waals surface area contributed by atoms with Gasteiger partial charge in [-0.15, -0.1) is 0 Å². The van der Waals surface area contributed by atoms with E-state index in [4.69, 9.17) is 4.74 Å². The summed E-state index contributed by atoms with van der Waals surface area (Å²) in [7, 11) is 0. The van der Waals surface area contributed by atoms with Crippen molar-refractivity contribution >= 4 is 17.2 Å². The van der Waals surface area contributed by atoms with Gasteiger partial charge in [-0.05, 0) is 52.8 Å². The third-order valence-electron chi connectivity index (χ3n) is 6.20. The fourth-order valence-electron chi connectivity index (χ4n) is 4.44. The Labute approximate surface area is 194 Å². The van der Waals surface area contributed by atoms with Crippen molar-refractivity contribution in [1.82, 2.24) is 0 Å². The van der Waals surface area contributed by atoms with Gasteiger partial charge in [0.15, 0.2) is 11.9 Å². The number of fused-ring (bicyclic) bond motifs is 1. The van der Waals surface area contributed by atoms with Crippen molar-refractivity contribution in [3.8, 4) is 5.75 Å². The molecule has 172 valence electrons. The third kappa shape index (κ3) is 4.06. The topological polar surface area (TPSA) is 81.5 Å². The number of anilines is 1. The zero-order valence-corrected chi connectivity index (χ0v) is 19.9. The molecule has 0 bridgehead atoms. The molecule has 1 heterocycles. The monoisotopic (exact) mass is 446 g/mol. The number of benzene rings is 2. The van der Waals surface area contributed by atoms with Gasteiger partial charge in [-0.25, -0.2) is 0 Å². The van der Waals surface area contributed by atoms with E-state index in [-0.39, 0.29) is 22.3 Å². The number of allylic oxidation sites excluding steroid dienone is 2. The lowest BCUT2D eigenvalue weighted by Gasteiger charge is -2.47. The van der Waals surface area contributed by atoms with Crippen LogP contribution in [0.25, 0.3) is 0 Å². The van der Waals surface area contributed by atoms with Crippen molar-refractivity contribution in [3.05, 3.63) is 87.5 Å². The Morgan fingerprint density at radius 3 is 1.97 bits per heavy atom. The lowest BCUT2D eigenvalue weighted by atomic mass is 9.67. The van der Waals surface area contributed by atoms with Crippen LogP contribution in [0.2, 0.25) is 0 Å². The third-order valence-corrected chi connectivity index (χ3v) is 6.20. The highest BCUT2D eigenvalue weighted by atomic mass is 16.6. The average Bonchev–Trinajstić information content (AvgIpc) is 2.73. The molecule has 1 aliphatic heterocycles. The number of nitro benzene ring substituents is 1. The Balaban J connectivity index is 1.97. The Kier molecular flexibility index (Phi) is 5.23. The van der Waals surface area contributed by atoms with Gasteiger partial charge in [0, 0.05) is 23.3 Å². The first-order valence-electron chi connectivity index (χ1n) is 11.1. The van der Waals surface area contributed by atoms with E-state index in [0.29, 0.717) is 5.75 Å². The van der Waals surface area contributed by atoms with Crippen molar-refractivity contribution in [1.29, 1.82) is 0 Å². The van der Waals surface area contributed by atoms with Crippen LogP contribution in [0.1, 0.15) is 53.2 Å². The fraction of sp³-hybridized carbons (Fsp3) is 0.370. The quantitative estimate of drug-likeness (QED) is 0.426. The molecule has 33 heavy (non-hydrogen) atoms. The van der Waals surface area contributed by atoms with E-state index < -0.39 is 16.6 Å². The molecule has 2 aliphatic rings. The maximum Gasteiger partial charge on any atom is 0.269 e. The molecule has 6 heteroatoms. The molecule has 1 aliphatic carbocycles. The second-order valence-electron chi connectivity index (χ2n) is 10.8. The number of nitro groups is 1. The van der Waals surface area contributed by atoms with Gasteiger partial charge >= 0.3 is 0 Å².